The maximum atomic E-state index is 13.8. The second kappa shape index (κ2) is 12.8. The van der Waals surface area contributed by atoms with Crippen molar-refractivity contribution in [2.75, 3.05) is 19.8 Å². The van der Waals surface area contributed by atoms with Crippen LogP contribution in [0.3, 0.4) is 0 Å². The first-order valence-corrected chi connectivity index (χ1v) is 12.6. The number of aryl methyl sites for hydroxylation is 1. The van der Waals surface area contributed by atoms with E-state index in [1.165, 1.54) is 0 Å². The van der Waals surface area contributed by atoms with Crippen LogP contribution in [-0.4, -0.2) is 51.5 Å². The van der Waals surface area contributed by atoms with Crippen LogP contribution in [-0.2, 0) is 27.4 Å². The van der Waals surface area contributed by atoms with Crippen LogP contribution in [0, 0.1) is 6.92 Å². The zero-order chi connectivity index (χ0) is 26.0. The Bertz CT molecular complexity index is 1320. The summed E-state index contributed by atoms with van der Waals surface area (Å²) in [6, 6.07) is 24.1. The van der Waals surface area contributed by atoms with E-state index in [1.54, 1.807) is 9.58 Å². The SMILES string of the molecule is CCOCCCN(C(=O)Cn1nnc2ccccc21)C(C(=O)NCc1ccccc1)c1ccccc1C. The third-order valence-electron chi connectivity index (χ3n) is 6.27. The van der Waals surface area contributed by atoms with Crippen LogP contribution in [0.5, 0.6) is 0 Å². The first kappa shape index (κ1) is 26.0. The van der Waals surface area contributed by atoms with Gasteiger partial charge in [-0.1, -0.05) is 71.9 Å². The average Bonchev–Trinajstić information content (AvgIpc) is 3.33. The molecule has 3 aromatic carbocycles. The predicted octanol–water partition coefficient (Wildman–Crippen LogP) is 4.05. The molecule has 4 rings (SSSR count). The monoisotopic (exact) mass is 499 g/mol. The third kappa shape index (κ3) is 6.59. The van der Waals surface area contributed by atoms with Crippen LogP contribution in [0.4, 0.5) is 0 Å². The van der Waals surface area contributed by atoms with Gasteiger partial charge in [0.05, 0.1) is 5.52 Å². The summed E-state index contributed by atoms with van der Waals surface area (Å²) in [5, 5.41) is 11.4. The molecular weight excluding hydrogens is 466 g/mol. The molecule has 37 heavy (non-hydrogen) atoms. The van der Waals surface area contributed by atoms with Gasteiger partial charge in [-0.25, -0.2) is 4.68 Å². The van der Waals surface area contributed by atoms with Gasteiger partial charge in [-0.05, 0) is 49.1 Å². The predicted molar refractivity (Wildman–Crippen MR) is 143 cm³/mol. The molecule has 0 saturated carbocycles. The highest BCUT2D eigenvalue weighted by Gasteiger charge is 2.32. The van der Waals surface area contributed by atoms with E-state index >= 15 is 0 Å². The van der Waals surface area contributed by atoms with Gasteiger partial charge in [-0.2, -0.15) is 0 Å². The maximum Gasteiger partial charge on any atom is 0.247 e. The van der Waals surface area contributed by atoms with Crippen molar-refractivity contribution in [2.45, 2.75) is 39.4 Å². The summed E-state index contributed by atoms with van der Waals surface area (Å²) in [5.74, 6) is -0.443. The maximum absolute atomic E-state index is 13.8. The lowest BCUT2D eigenvalue weighted by molar-refractivity contribution is -0.141. The fourth-order valence-corrected chi connectivity index (χ4v) is 4.36. The van der Waals surface area contributed by atoms with Crippen molar-refractivity contribution in [3.63, 3.8) is 0 Å². The summed E-state index contributed by atoms with van der Waals surface area (Å²) in [5.41, 5.74) is 4.21. The van der Waals surface area contributed by atoms with Crippen LogP contribution in [0.15, 0.2) is 78.9 Å². The fraction of sp³-hybridized carbons (Fsp3) is 0.310. The number of nitrogens with zero attached hydrogens (tertiary/aromatic N) is 4. The Labute approximate surface area is 217 Å². The molecule has 192 valence electrons. The normalized spacial score (nSPS) is 11.8. The first-order chi connectivity index (χ1) is 18.1. The van der Waals surface area contributed by atoms with Crippen molar-refractivity contribution in [1.29, 1.82) is 0 Å². The quantitative estimate of drug-likeness (QED) is 0.297. The number of aromatic nitrogens is 3. The van der Waals surface area contributed by atoms with Crippen LogP contribution in [0.2, 0.25) is 0 Å². The molecule has 0 saturated heterocycles. The number of carbonyl (C=O) groups excluding carboxylic acids is 2. The van der Waals surface area contributed by atoms with Gasteiger partial charge < -0.3 is 15.0 Å². The fourth-order valence-electron chi connectivity index (χ4n) is 4.36. The standard InChI is InChI=1S/C29H33N5O3/c1-3-37-19-11-18-33(27(35)21-34-26-17-10-9-16-25(26)31-32-34)28(24-15-8-7-12-22(24)2)29(36)30-20-23-13-5-4-6-14-23/h4-10,12-17,28H,3,11,18-21H2,1-2H3,(H,30,36). The smallest absolute Gasteiger partial charge is 0.247 e. The summed E-state index contributed by atoms with van der Waals surface area (Å²) in [4.78, 5) is 29.2. The number of carbonyl (C=O) groups is 2. The summed E-state index contributed by atoms with van der Waals surface area (Å²) < 4.78 is 7.12. The van der Waals surface area contributed by atoms with Gasteiger partial charge in [0, 0.05) is 26.3 Å². The van der Waals surface area contributed by atoms with Gasteiger partial charge in [0.15, 0.2) is 0 Å². The van der Waals surface area contributed by atoms with Crippen LogP contribution >= 0.6 is 0 Å². The molecule has 0 spiro atoms. The number of nitrogens with one attached hydrogen (secondary N) is 1. The highest BCUT2D eigenvalue weighted by Crippen LogP contribution is 2.26. The topological polar surface area (TPSA) is 89.3 Å². The van der Waals surface area contributed by atoms with Crippen LogP contribution in [0.25, 0.3) is 11.0 Å². The van der Waals surface area contributed by atoms with Crippen molar-refractivity contribution in [3.8, 4) is 0 Å². The molecule has 0 fully saturated rings. The molecule has 4 aromatic rings. The number of hydrogen-bond donors (Lipinski definition) is 1. The molecule has 8 heteroatoms. The largest absolute Gasteiger partial charge is 0.382 e. The lowest BCUT2D eigenvalue weighted by Crippen LogP contribution is -2.45. The van der Waals surface area contributed by atoms with Crippen molar-refractivity contribution in [3.05, 3.63) is 95.6 Å². The second-order valence-electron chi connectivity index (χ2n) is 8.84. The number of rotatable bonds is 12. The Balaban J connectivity index is 1.64. The highest BCUT2D eigenvalue weighted by atomic mass is 16.5. The minimum atomic E-state index is -0.797. The third-order valence-corrected chi connectivity index (χ3v) is 6.27. The molecule has 0 radical (unpaired) electrons. The summed E-state index contributed by atoms with van der Waals surface area (Å²) >= 11 is 0. The number of ether oxygens (including phenoxy) is 1. The lowest BCUT2D eigenvalue weighted by atomic mass is 9.98. The zero-order valence-electron chi connectivity index (χ0n) is 21.3. The number of hydrogen-bond acceptors (Lipinski definition) is 5. The minimum Gasteiger partial charge on any atom is -0.382 e. The van der Waals surface area contributed by atoms with Crippen molar-refractivity contribution in [2.24, 2.45) is 0 Å². The summed E-state index contributed by atoms with van der Waals surface area (Å²) in [6.45, 7) is 5.70. The van der Waals surface area contributed by atoms with Gasteiger partial charge in [0.25, 0.3) is 0 Å². The molecule has 0 aliphatic heterocycles. The molecule has 0 bridgehead atoms. The van der Waals surface area contributed by atoms with E-state index in [-0.39, 0.29) is 18.4 Å². The molecule has 0 aliphatic rings. The Morgan fingerprint density at radius 1 is 1.00 bits per heavy atom. The van der Waals surface area contributed by atoms with Gasteiger partial charge in [-0.3, -0.25) is 9.59 Å². The van der Waals surface area contributed by atoms with E-state index in [0.29, 0.717) is 38.2 Å². The second-order valence-corrected chi connectivity index (χ2v) is 8.84. The highest BCUT2D eigenvalue weighted by molar-refractivity contribution is 5.89. The number of para-hydroxylation sites is 1. The van der Waals surface area contributed by atoms with Gasteiger partial charge in [0.1, 0.15) is 18.1 Å². The van der Waals surface area contributed by atoms with Gasteiger partial charge in [0.2, 0.25) is 11.8 Å². The zero-order valence-corrected chi connectivity index (χ0v) is 21.3. The minimum absolute atomic E-state index is 0.0243. The van der Waals surface area contributed by atoms with Crippen molar-refractivity contribution >= 4 is 22.8 Å². The van der Waals surface area contributed by atoms with E-state index in [9.17, 15) is 9.59 Å². The molecule has 1 aromatic heterocycles. The molecular formula is C29H33N5O3. The van der Waals surface area contributed by atoms with Crippen LogP contribution < -0.4 is 5.32 Å². The lowest BCUT2D eigenvalue weighted by Gasteiger charge is -2.32. The molecule has 1 heterocycles. The average molecular weight is 500 g/mol. The van der Waals surface area contributed by atoms with Gasteiger partial charge >= 0.3 is 0 Å². The molecule has 1 N–H and O–H groups in total. The molecule has 1 atom stereocenters. The van der Waals surface area contributed by atoms with Crippen molar-refractivity contribution in [1.82, 2.24) is 25.2 Å². The molecule has 8 nitrogen and oxygen atoms in total. The van der Waals surface area contributed by atoms with E-state index in [4.69, 9.17) is 4.74 Å². The van der Waals surface area contributed by atoms with Gasteiger partial charge in [-0.15, -0.1) is 5.10 Å². The number of fused-ring (bicyclic) bond motifs is 1. The first-order valence-electron chi connectivity index (χ1n) is 12.6. The van der Waals surface area contributed by atoms with Crippen LogP contribution in [0.1, 0.15) is 36.1 Å². The molecule has 2 amide bonds. The molecule has 0 aliphatic carbocycles. The van der Waals surface area contributed by atoms with Crippen molar-refractivity contribution < 1.29 is 14.3 Å². The Morgan fingerprint density at radius 2 is 1.73 bits per heavy atom. The molecule has 1 unspecified atom stereocenters. The van der Waals surface area contributed by atoms with E-state index < -0.39 is 6.04 Å². The Morgan fingerprint density at radius 3 is 2.51 bits per heavy atom. The number of amides is 2. The number of benzene rings is 3. The summed E-state index contributed by atoms with van der Waals surface area (Å²) in [6.07, 6.45) is 0.603. The Kier molecular flexibility index (Phi) is 8.99. The summed E-state index contributed by atoms with van der Waals surface area (Å²) in [7, 11) is 0. The van der Waals surface area contributed by atoms with E-state index in [1.807, 2.05) is 92.7 Å². The Hall–Kier alpha value is -4.04. The van der Waals surface area contributed by atoms with E-state index in [2.05, 4.69) is 15.6 Å². The van der Waals surface area contributed by atoms with E-state index in [0.717, 1.165) is 22.2 Å².